The molecule has 150 valence electrons. The summed E-state index contributed by atoms with van der Waals surface area (Å²) in [5.41, 5.74) is 5.34. The summed E-state index contributed by atoms with van der Waals surface area (Å²) in [5.74, 6) is -0.385. The molecule has 4 rings (SSSR count). The van der Waals surface area contributed by atoms with E-state index < -0.39 is 0 Å². The van der Waals surface area contributed by atoms with Crippen molar-refractivity contribution in [3.63, 3.8) is 0 Å². The van der Waals surface area contributed by atoms with Crippen LogP contribution in [0, 0.1) is 19.8 Å². The van der Waals surface area contributed by atoms with Crippen LogP contribution in [0.25, 0.3) is 10.9 Å². The molecule has 1 aliphatic rings. The molecule has 3 aromatic rings. The molecule has 6 heteroatoms. The van der Waals surface area contributed by atoms with E-state index in [2.05, 4.69) is 10.3 Å². The predicted molar refractivity (Wildman–Crippen MR) is 116 cm³/mol. The fourth-order valence-corrected chi connectivity index (χ4v) is 4.02. The van der Waals surface area contributed by atoms with Gasteiger partial charge in [0.2, 0.25) is 11.8 Å². The average Bonchev–Trinajstić information content (AvgIpc) is 3.27. The molecular weight excluding hydrogens is 386 g/mol. The van der Waals surface area contributed by atoms with Crippen LogP contribution in [-0.2, 0) is 16.0 Å². The summed E-state index contributed by atoms with van der Waals surface area (Å²) < 4.78 is 0. The van der Waals surface area contributed by atoms with E-state index in [0.717, 1.165) is 27.7 Å². The second kappa shape index (κ2) is 7.91. The van der Waals surface area contributed by atoms with E-state index in [1.807, 2.05) is 56.4 Å². The topological polar surface area (TPSA) is 65.2 Å². The van der Waals surface area contributed by atoms with Crippen molar-refractivity contribution >= 4 is 40.0 Å². The molecule has 1 atom stereocenters. The maximum absolute atomic E-state index is 12.6. The van der Waals surface area contributed by atoms with E-state index in [0.29, 0.717) is 24.5 Å². The second-order valence-electron chi connectivity index (χ2n) is 7.72. The number of amides is 2. The van der Waals surface area contributed by atoms with Crippen LogP contribution < -0.4 is 10.2 Å². The number of nitrogens with one attached hydrogen (secondary N) is 2. The lowest BCUT2D eigenvalue weighted by Gasteiger charge is -2.18. The van der Waals surface area contributed by atoms with Gasteiger partial charge in [-0.2, -0.15) is 0 Å². The third kappa shape index (κ3) is 4.01. The molecule has 0 saturated carbocycles. The van der Waals surface area contributed by atoms with Crippen LogP contribution in [0.15, 0.2) is 42.6 Å². The van der Waals surface area contributed by atoms with Crippen LogP contribution in [0.3, 0.4) is 0 Å². The van der Waals surface area contributed by atoms with Gasteiger partial charge in [-0.1, -0.05) is 17.7 Å². The van der Waals surface area contributed by atoms with E-state index in [1.54, 1.807) is 4.90 Å². The first-order valence-corrected chi connectivity index (χ1v) is 10.2. The number of nitrogens with zero attached hydrogens (tertiary/aromatic N) is 1. The Morgan fingerprint density at radius 2 is 2.03 bits per heavy atom. The van der Waals surface area contributed by atoms with Crippen molar-refractivity contribution in [3.8, 4) is 0 Å². The molecule has 1 fully saturated rings. The van der Waals surface area contributed by atoms with E-state index in [-0.39, 0.29) is 24.2 Å². The lowest BCUT2D eigenvalue weighted by molar-refractivity contribution is -0.126. The van der Waals surface area contributed by atoms with Gasteiger partial charge in [-0.25, -0.2) is 0 Å². The molecule has 1 saturated heterocycles. The van der Waals surface area contributed by atoms with Gasteiger partial charge in [0, 0.05) is 47.3 Å². The standard InChI is InChI=1S/C23H24ClN3O2/c1-14-3-5-19(9-15(14)2)27-13-17(10-22(27)28)23(29)25-8-7-16-12-26-21-6-4-18(24)11-20(16)21/h3-6,9,11-12,17,26H,7-8,10,13H2,1-2H3,(H,25,29)/t17-/m1/s1. The van der Waals surface area contributed by atoms with Crippen LogP contribution in [0.4, 0.5) is 5.69 Å². The molecule has 5 nitrogen and oxygen atoms in total. The van der Waals surface area contributed by atoms with Crippen molar-refractivity contribution in [2.45, 2.75) is 26.7 Å². The summed E-state index contributed by atoms with van der Waals surface area (Å²) in [4.78, 5) is 30.0. The third-order valence-corrected chi connectivity index (χ3v) is 5.96. The van der Waals surface area contributed by atoms with Gasteiger partial charge < -0.3 is 15.2 Å². The van der Waals surface area contributed by atoms with Crippen LogP contribution in [0.2, 0.25) is 5.02 Å². The van der Waals surface area contributed by atoms with Gasteiger partial charge >= 0.3 is 0 Å². The first-order chi connectivity index (χ1) is 13.9. The zero-order chi connectivity index (χ0) is 20.5. The summed E-state index contributed by atoms with van der Waals surface area (Å²) >= 11 is 6.09. The Morgan fingerprint density at radius 1 is 1.21 bits per heavy atom. The number of carbonyl (C=O) groups is 2. The molecule has 2 amide bonds. The number of aromatic amines is 1. The number of hydrogen-bond acceptors (Lipinski definition) is 2. The Bertz CT molecular complexity index is 1090. The van der Waals surface area contributed by atoms with Crippen molar-refractivity contribution in [1.82, 2.24) is 10.3 Å². The molecule has 0 bridgehead atoms. The zero-order valence-corrected chi connectivity index (χ0v) is 17.3. The number of aromatic nitrogens is 1. The van der Waals surface area contributed by atoms with Gasteiger partial charge in [0.05, 0.1) is 5.92 Å². The smallest absolute Gasteiger partial charge is 0.227 e. The molecular formula is C23H24ClN3O2. The minimum absolute atomic E-state index is 0.000302. The highest BCUT2D eigenvalue weighted by molar-refractivity contribution is 6.31. The number of benzene rings is 2. The number of fused-ring (bicyclic) bond motifs is 1. The Kier molecular flexibility index (Phi) is 5.33. The highest BCUT2D eigenvalue weighted by atomic mass is 35.5. The summed E-state index contributed by atoms with van der Waals surface area (Å²) in [6.45, 7) is 5.02. The maximum atomic E-state index is 12.6. The fraction of sp³-hybridized carbons (Fsp3) is 0.304. The largest absolute Gasteiger partial charge is 0.361 e. The first-order valence-electron chi connectivity index (χ1n) is 9.83. The zero-order valence-electron chi connectivity index (χ0n) is 16.6. The average molecular weight is 410 g/mol. The van der Waals surface area contributed by atoms with E-state index >= 15 is 0 Å². The van der Waals surface area contributed by atoms with Gasteiger partial charge in [0.25, 0.3) is 0 Å². The van der Waals surface area contributed by atoms with Gasteiger partial charge in [0.15, 0.2) is 0 Å². The third-order valence-electron chi connectivity index (χ3n) is 5.72. The van der Waals surface area contributed by atoms with Crippen LogP contribution in [-0.4, -0.2) is 29.9 Å². The van der Waals surface area contributed by atoms with Gasteiger partial charge in [-0.15, -0.1) is 0 Å². The summed E-state index contributed by atoms with van der Waals surface area (Å²) in [6, 6.07) is 11.7. The van der Waals surface area contributed by atoms with Crippen LogP contribution in [0.1, 0.15) is 23.1 Å². The van der Waals surface area contributed by atoms with Crippen molar-refractivity contribution in [3.05, 3.63) is 64.3 Å². The molecule has 1 aliphatic heterocycles. The Hall–Kier alpha value is -2.79. The summed E-state index contributed by atoms with van der Waals surface area (Å²) in [7, 11) is 0. The number of aryl methyl sites for hydroxylation is 2. The molecule has 2 heterocycles. The summed E-state index contributed by atoms with van der Waals surface area (Å²) in [5, 5.41) is 4.76. The SMILES string of the molecule is Cc1ccc(N2C[C@H](C(=O)NCCc3c[nH]c4ccc(Cl)cc34)CC2=O)cc1C. The van der Waals surface area contributed by atoms with Crippen LogP contribution >= 0.6 is 11.6 Å². The summed E-state index contributed by atoms with van der Waals surface area (Å²) in [6.07, 6.45) is 2.91. The Labute approximate surface area is 175 Å². The van der Waals surface area contributed by atoms with Crippen LogP contribution in [0.5, 0.6) is 0 Å². The number of rotatable bonds is 5. The number of hydrogen-bond donors (Lipinski definition) is 2. The maximum Gasteiger partial charge on any atom is 0.227 e. The molecule has 0 radical (unpaired) electrons. The molecule has 1 aromatic heterocycles. The minimum atomic E-state index is -0.318. The van der Waals surface area contributed by atoms with E-state index in [1.165, 1.54) is 5.56 Å². The fourth-order valence-electron chi connectivity index (χ4n) is 3.85. The highest BCUT2D eigenvalue weighted by Gasteiger charge is 2.35. The number of carbonyl (C=O) groups excluding carboxylic acids is 2. The molecule has 29 heavy (non-hydrogen) atoms. The van der Waals surface area contributed by atoms with Crippen molar-refractivity contribution in [2.24, 2.45) is 5.92 Å². The van der Waals surface area contributed by atoms with Gasteiger partial charge in [0.1, 0.15) is 0 Å². The lowest BCUT2D eigenvalue weighted by Crippen LogP contribution is -2.34. The minimum Gasteiger partial charge on any atom is -0.361 e. The number of H-pyrrole nitrogens is 1. The molecule has 0 unspecified atom stereocenters. The van der Waals surface area contributed by atoms with Crippen molar-refractivity contribution in [2.75, 3.05) is 18.0 Å². The number of halogens is 1. The molecule has 0 spiro atoms. The molecule has 2 N–H and O–H groups in total. The monoisotopic (exact) mass is 409 g/mol. The van der Waals surface area contributed by atoms with Crippen molar-refractivity contribution in [1.29, 1.82) is 0 Å². The predicted octanol–water partition coefficient (Wildman–Crippen LogP) is 4.15. The van der Waals surface area contributed by atoms with Crippen molar-refractivity contribution < 1.29 is 9.59 Å². The normalized spacial score (nSPS) is 16.6. The Morgan fingerprint density at radius 3 is 2.83 bits per heavy atom. The molecule has 0 aliphatic carbocycles. The first kappa shape index (κ1) is 19.5. The van der Waals surface area contributed by atoms with E-state index in [9.17, 15) is 9.59 Å². The molecule has 2 aromatic carbocycles. The number of anilines is 1. The lowest BCUT2D eigenvalue weighted by atomic mass is 10.1. The second-order valence-corrected chi connectivity index (χ2v) is 8.16. The van der Waals surface area contributed by atoms with E-state index in [4.69, 9.17) is 11.6 Å². The highest BCUT2D eigenvalue weighted by Crippen LogP contribution is 2.27. The van der Waals surface area contributed by atoms with Gasteiger partial charge in [-0.3, -0.25) is 9.59 Å². The van der Waals surface area contributed by atoms with Gasteiger partial charge in [-0.05, 0) is 67.3 Å². The Balaban J connectivity index is 1.36. The quantitative estimate of drug-likeness (QED) is 0.664.